The van der Waals surface area contributed by atoms with Crippen molar-refractivity contribution in [1.82, 2.24) is 10.9 Å². The molecule has 38 heavy (non-hydrogen) atoms. The molecule has 5 nitrogen and oxygen atoms in total. The summed E-state index contributed by atoms with van der Waals surface area (Å²) in [5, 5.41) is 9.29. The molecule has 1 aromatic carbocycles. The van der Waals surface area contributed by atoms with Gasteiger partial charge in [-0.25, -0.2) is 0 Å². The van der Waals surface area contributed by atoms with Crippen LogP contribution in [0.15, 0.2) is 24.3 Å². The largest absolute Gasteiger partial charge is 0.508 e. The predicted octanol–water partition coefficient (Wildman–Crippen LogP) is 9.07. The number of aromatic hydroxyl groups is 1. The topological polar surface area (TPSA) is 78.4 Å². The molecule has 0 fully saturated rings. The number of unbranched alkanes of at least 4 members (excludes halogenated alkanes) is 20. The minimum absolute atomic E-state index is 0.124. The molecule has 0 saturated carbocycles. The first-order valence-corrected chi connectivity index (χ1v) is 16.0. The Morgan fingerprint density at radius 3 is 1.26 bits per heavy atom. The third-order valence-corrected chi connectivity index (χ3v) is 7.43. The average molecular weight is 531 g/mol. The molecule has 0 aromatic heterocycles. The van der Waals surface area contributed by atoms with Crippen LogP contribution in [0.5, 0.6) is 5.75 Å². The quantitative estimate of drug-likeness (QED) is 0.0871. The van der Waals surface area contributed by atoms with Crippen LogP contribution in [0.3, 0.4) is 0 Å². The van der Waals surface area contributed by atoms with Gasteiger partial charge in [-0.15, -0.1) is 0 Å². The van der Waals surface area contributed by atoms with E-state index in [1.807, 2.05) is 0 Å². The highest BCUT2D eigenvalue weighted by Crippen LogP contribution is 2.15. The number of aryl methyl sites for hydroxylation is 1. The molecule has 1 rings (SSSR count). The lowest BCUT2D eigenvalue weighted by Gasteiger charge is -2.08. The summed E-state index contributed by atoms with van der Waals surface area (Å²) in [6, 6.07) is 6.80. The fraction of sp³-hybridized carbons (Fsp3) is 0.758. The summed E-state index contributed by atoms with van der Waals surface area (Å²) in [6.07, 6.45) is 29.6. The Morgan fingerprint density at radius 2 is 0.868 bits per heavy atom. The molecule has 0 aliphatic carbocycles. The Labute approximate surface area is 233 Å². The van der Waals surface area contributed by atoms with E-state index < -0.39 is 0 Å². The number of hydrazine groups is 1. The van der Waals surface area contributed by atoms with Crippen LogP contribution < -0.4 is 10.9 Å². The number of rotatable bonds is 25. The van der Waals surface area contributed by atoms with Crippen LogP contribution in [0, 0.1) is 0 Å². The Balaban J connectivity index is 1.76. The molecule has 1 aromatic rings. The van der Waals surface area contributed by atoms with Crippen LogP contribution in [0.25, 0.3) is 0 Å². The molecule has 3 N–H and O–H groups in total. The summed E-state index contributed by atoms with van der Waals surface area (Å²) in [6.45, 7) is 2.28. The van der Waals surface area contributed by atoms with Crippen molar-refractivity contribution in [3.63, 3.8) is 0 Å². The molecule has 0 aliphatic rings. The number of hydrogen-bond acceptors (Lipinski definition) is 3. The van der Waals surface area contributed by atoms with Gasteiger partial charge in [-0.1, -0.05) is 147 Å². The highest BCUT2D eigenvalue weighted by molar-refractivity contribution is 5.81. The van der Waals surface area contributed by atoms with Crippen molar-refractivity contribution >= 4 is 11.8 Å². The maximum absolute atomic E-state index is 11.9. The minimum Gasteiger partial charge on any atom is -0.508 e. The van der Waals surface area contributed by atoms with Crippen molar-refractivity contribution in [3.05, 3.63) is 29.8 Å². The summed E-state index contributed by atoms with van der Waals surface area (Å²) in [4.78, 5) is 23.8. The first kappa shape index (κ1) is 34.0. The Morgan fingerprint density at radius 1 is 0.526 bits per heavy atom. The molecule has 0 heterocycles. The molecule has 0 bridgehead atoms. The summed E-state index contributed by atoms with van der Waals surface area (Å²) in [5.41, 5.74) is 5.98. The second kappa shape index (κ2) is 25.2. The highest BCUT2D eigenvalue weighted by Gasteiger charge is 2.05. The van der Waals surface area contributed by atoms with E-state index in [0.29, 0.717) is 19.3 Å². The van der Waals surface area contributed by atoms with Gasteiger partial charge in [0.15, 0.2) is 0 Å². The minimum atomic E-state index is -0.203. The van der Waals surface area contributed by atoms with Crippen molar-refractivity contribution < 1.29 is 14.7 Å². The Bertz CT molecular complexity index is 690. The SMILES string of the molecule is CCCCCCCCCCCCCCCCCCCCCCCC(=O)NNC(=O)CCc1ccc(O)cc1. The maximum atomic E-state index is 11.9. The second-order valence-electron chi connectivity index (χ2n) is 11.1. The maximum Gasteiger partial charge on any atom is 0.238 e. The Hall–Kier alpha value is -2.04. The smallest absolute Gasteiger partial charge is 0.238 e. The second-order valence-corrected chi connectivity index (χ2v) is 11.1. The summed E-state index contributed by atoms with van der Waals surface area (Å²) in [5.74, 6) is -0.114. The van der Waals surface area contributed by atoms with Gasteiger partial charge in [0, 0.05) is 12.8 Å². The fourth-order valence-corrected chi connectivity index (χ4v) is 4.90. The lowest BCUT2D eigenvalue weighted by molar-refractivity contribution is -0.128. The van der Waals surface area contributed by atoms with Crippen molar-refractivity contribution in [2.75, 3.05) is 0 Å². The van der Waals surface area contributed by atoms with E-state index in [-0.39, 0.29) is 17.6 Å². The van der Waals surface area contributed by atoms with Gasteiger partial charge in [-0.2, -0.15) is 0 Å². The highest BCUT2D eigenvalue weighted by atomic mass is 16.3. The average Bonchev–Trinajstić information content (AvgIpc) is 2.92. The number of phenolic OH excluding ortho intramolecular Hbond substituents is 1. The van der Waals surface area contributed by atoms with Gasteiger partial charge in [-0.05, 0) is 30.5 Å². The third kappa shape index (κ3) is 22.0. The molecular weight excluding hydrogens is 472 g/mol. The van der Waals surface area contributed by atoms with Gasteiger partial charge in [0.2, 0.25) is 11.8 Å². The molecular formula is C33H58N2O3. The van der Waals surface area contributed by atoms with E-state index in [0.717, 1.165) is 18.4 Å². The molecule has 0 radical (unpaired) electrons. The van der Waals surface area contributed by atoms with E-state index in [4.69, 9.17) is 0 Å². The predicted molar refractivity (Wildman–Crippen MR) is 160 cm³/mol. The zero-order valence-corrected chi connectivity index (χ0v) is 24.5. The number of nitrogens with one attached hydrogen (secondary N) is 2. The molecule has 218 valence electrons. The monoisotopic (exact) mass is 530 g/mol. The van der Waals surface area contributed by atoms with Gasteiger partial charge in [0.25, 0.3) is 0 Å². The number of benzene rings is 1. The van der Waals surface area contributed by atoms with Crippen molar-refractivity contribution in [2.24, 2.45) is 0 Å². The molecule has 5 heteroatoms. The summed E-state index contributed by atoms with van der Waals surface area (Å²) in [7, 11) is 0. The van der Waals surface area contributed by atoms with E-state index >= 15 is 0 Å². The first-order chi connectivity index (χ1) is 18.6. The van der Waals surface area contributed by atoms with Crippen LogP contribution in [0.4, 0.5) is 0 Å². The molecule has 0 aliphatic heterocycles. The molecule has 0 atom stereocenters. The lowest BCUT2D eigenvalue weighted by Crippen LogP contribution is -2.41. The molecule has 2 amide bonds. The van der Waals surface area contributed by atoms with Gasteiger partial charge >= 0.3 is 0 Å². The summed E-state index contributed by atoms with van der Waals surface area (Å²) < 4.78 is 0. The lowest BCUT2D eigenvalue weighted by atomic mass is 10.0. The number of amides is 2. The van der Waals surface area contributed by atoms with E-state index in [1.165, 1.54) is 122 Å². The zero-order valence-electron chi connectivity index (χ0n) is 24.5. The number of phenols is 1. The van der Waals surface area contributed by atoms with Crippen LogP contribution in [0.2, 0.25) is 0 Å². The standard InChI is InChI=1S/C33H58N2O3/c1-2-3-4-5-6-7-8-9-10-11-12-13-14-15-16-17-18-19-20-21-22-23-32(37)34-35-33(38)29-26-30-24-27-31(36)28-25-30/h24-25,27-28,36H,2-23,26,29H2,1H3,(H,34,37)(H,35,38). The van der Waals surface area contributed by atoms with Gasteiger partial charge < -0.3 is 5.11 Å². The van der Waals surface area contributed by atoms with Crippen LogP contribution >= 0.6 is 0 Å². The van der Waals surface area contributed by atoms with Crippen molar-refractivity contribution in [3.8, 4) is 5.75 Å². The van der Waals surface area contributed by atoms with Crippen LogP contribution in [0.1, 0.15) is 160 Å². The van der Waals surface area contributed by atoms with Gasteiger partial charge in [0.1, 0.15) is 5.75 Å². The number of carbonyl (C=O) groups excluding carboxylic acids is 2. The number of hydrogen-bond donors (Lipinski definition) is 3. The molecule has 0 spiro atoms. The first-order valence-electron chi connectivity index (χ1n) is 16.0. The zero-order chi connectivity index (χ0) is 27.5. The normalized spacial score (nSPS) is 11.0. The fourth-order valence-electron chi connectivity index (χ4n) is 4.90. The number of carbonyl (C=O) groups is 2. The van der Waals surface area contributed by atoms with Gasteiger partial charge in [-0.3, -0.25) is 20.4 Å². The van der Waals surface area contributed by atoms with E-state index in [1.54, 1.807) is 24.3 Å². The van der Waals surface area contributed by atoms with Crippen LogP contribution in [-0.2, 0) is 16.0 Å². The van der Waals surface area contributed by atoms with Crippen molar-refractivity contribution in [2.45, 2.75) is 161 Å². The third-order valence-electron chi connectivity index (χ3n) is 7.43. The van der Waals surface area contributed by atoms with Gasteiger partial charge in [0.05, 0.1) is 0 Å². The molecule has 0 saturated heterocycles. The van der Waals surface area contributed by atoms with Crippen LogP contribution in [-0.4, -0.2) is 16.9 Å². The van der Waals surface area contributed by atoms with E-state index in [2.05, 4.69) is 17.8 Å². The van der Waals surface area contributed by atoms with E-state index in [9.17, 15) is 14.7 Å². The van der Waals surface area contributed by atoms with Crippen molar-refractivity contribution in [1.29, 1.82) is 0 Å². The Kier molecular flexibility index (Phi) is 22.6. The summed E-state index contributed by atoms with van der Waals surface area (Å²) >= 11 is 0. The molecule has 0 unspecified atom stereocenters.